The molecule has 1 heterocycles. The predicted octanol–water partition coefficient (Wildman–Crippen LogP) is 4.10. The lowest BCUT2D eigenvalue weighted by Crippen LogP contribution is -2.38. The summed E-state index contributed by atoms with van der Waals surface area (Å²) < 4.78 is 11.3. The fourth-order valence-corrected chi connectivity index (χ4v) is 3.22. The molecule has 0 spiro atoms. The van der Waals surface area contributed by atoms with E-state index in [2.05, 4.69) is 60.0 Å². The lowest BCUT2D eigenvalue weighted by atomic mass is 10.1. The van der Waals surface area contributed by atoms with E-state index < -0.39 is 0 Å². The second-order valence-electron chi connectivity index (χ2n) is 6.87. The van der Waals surface area contributed by atoms with Gasteiger partial charge in [-0.1, -0.05) is 36.4 Å². The van der Waals surface area contributed by atoms with E-state index in [1.807, 2.05) is 0 Å². The minimum absolute atomic E-state index is 0. The fraction of sp³-hybridized carbons (Fsp3) is 0.500. The van der Waals surface area contributed by atoms with E-state index in [4.69, 9.17) is 14.5 Å². The summed E-state index contributed by atoms with van der Waals surface area (Å²) in [5, 5.41) is 9.21. The van der Waals surface area contributed by atoms with Gasteiger partial charge in [0.05, 0.1) is 19.3 Å². The first kappa shape index (κ1) is 22.9. The van der Waals surface area contributed by atoms with Gasteiger partial charge >= 0.3 is 0 Å². The van der Waals surface area contributed by atoms with E-state index in [0.717, 1.165) is 58.1 Å². The first-order chi connectivity index (χ1) is 13.3. The van der Waals surface area contributed by atoms with Crippen molar-refractivity contribution in [3.05, 3.63) is 48.0 Å². The number of nitrogens with one attached hydrogen (secondary N) is 2. The normalized spacial score (nSPS) is 16.8. The number of nitrogens with zero attached hydrogens (tertiary/aromatic N) is 1. The number of halogens is 1. The van der Waals surface area contributed by atoms with Crippen LogP contribution in [0.3, 0.4) is 0 Å². The number of hydrogen-bond donors (Lipinski definition) is 2. The Morgan fingerprint density at radius 2 is 2.04 bits per heavy atom. The third-order valence-corrected chi connectivity index (χ3v) is 4.66. The van der Waals surface area contributed by atoms with Crippen molar-refractivity contribution in [2.75, 3.05) is 32.9 Å². The lowest BCUT2D eigenvalue weighted by molar-refractivity contribution is 0.0168. The van der Waals surface area contributed by atoms with Gasteiger partial charge in [-0.15, -0.1) is 24.0 Å². The van der Waals surface area contributed by atoms with Crippen molar-refractivity contribution in [2.24, 2.45) is 4.99 Å². The van der Waals surface area contributed by atoms with Gasteiger partial charge in [-0.3, -0.25) is 0 Å². The molecule has 1 unspecified atom stereocenters. The third-order valence-electron chi connectivity index (χ3n) is 4.66. The van der Waals surface area contributed by atoms with Crippen LogP contribution in [0.25, 0.3) is 10.8 Å². The molecule has 3 rings (SSSR count). The summed E-state index contributed by atoms with van der Waals surface area (Å²) in [5.41, 5.74) is 1.21. The van der Waals surface area contributed by atoms with E-state index in [1.54, 1.807) is 0 Å². The Morgan fingerprint density at radius 3 is 2.82 bits per heavy atom. The summed E-state index contributed by atoms with van der Waals surface area (Å²) in [7, 11) is 0. The Bertz CT molecular complexity index is 733. The predicted molar refractivity (Wildman–Crippen MR) is 127 cm³/mol. The molecule has 1 atom stereocenters. The molecule has 28 heavy (non-hydrogen) atoms. The molecule has 1 fully saturated rings. The molecule has 0 amide bonds. The van der Waals surface area contributed by atoms with Gasteiger partial charge < -0.3 is 20.1 Å². The highest BCUT2D eigenvalue weighted by Crippen LogP contribution is 2.16. The molecule has 0 aliphatic carbocycles. The van der Waals surface area contributed by atoms with Gasteiger partial charge in [0.1, 0.15) is 0 Å². The third kappa shape index (κ3) is 7.56. The van der Waals surface area contributed by atoms with Gasteiger partial charge in [-0.05, 0) is 48.6 Å². The SMILES string of the molecule is CCNC(=NCc1ccc2ccccc2c1)NCCCOCC1CCCO1.I. The average Bonchev–Trinajstić information content (AvgIpc) is 3.22. The number of aliphatic imine (C=N–C) groups is 1. The lowest BCUT2D eigenvalue weighted by Gasteiger charge is -2.13. The first-order valence-electron chi connectivity index (χ1n) is 10.0. The monoisotopic (exact) mass is 497 g/mol. The molecular weight excluding hydrogens is 465 g/mol. The molecule has 2 N–H and O–H groups in total. The van der Waals surface area contributed by atoms with Crippen LogP contribution in [0.1, 0.15) is 31.7 Å². The Balaban J connectivity index is 0.00000280. The van der Waals surface area contributed by atoms with Crippen LogP contribution in [-0.4, -0.2) is 45.0 Å². The number of rotatable bonds is 9. The van der Waals surface area contributed by atoms with Crippen LogP contribution >= 0.6 is 24.0 Å². The standard InChI is InChI=1S/C22H31N3O2.HI/c1-2-23-22(24-12-6-13-26-17-21-9-5-14-27-21)25-16-18-10-11-19-7-3-4-8-20(19)15-18;/h3-4,7-8,10-11,15,21H,2,5-6,9,12-14,16-17H2,1H3,(H2,23,24,25);1H. The number of ether oxygens (including phenoxy) is 2. The molecule has 2 aromatic rings. The van der Waals surface area contributed by atoms with Crippen molar-refractivity contribution in [2.45, 2.75) is 38.8 Å². The van der Waals surface area contributed by atoms with Crippen molar-refractivity contribution in [1.29, 1.82) is 0 Å². The summed E-state index contributed by atoms with van der Waals surface area (Å²) in [6.07, 6.45) is 3.55. The van der Waals surface area contributed by atoms with Crippen LogP contribution in [0, 0.1) is 0 Å². The van der Waals surface area contributed by atoms with Crippen LogP contribution in [0.2, 0.25) is 0 Å². The van der Waals surface area contributed by atoms with Crippen LogP contribution in [0.15, 0.2) is 47.5 Å². The highest BCUT2D eigenvalue weighted by molar-refractivity contribution is 14.0. The van der Waals surface area contributed by atoms with Crippen molar-refractivity contribution >= 4 is 40.7 Å². The van der Waals surface area contributed by atoms with Crippen LogP contribution in [0.4, 0.5) is 0 Å². The van der Waals surface area contributed by atoms with Crippen molar-refractivity contribution < 1.29 is 9.47 Å². The number of hydrogen-bond acceptors (Lipinski definition) is 3. The van der Waals surface area contributed by atoms with Gasteiger partial charge in [-0.25, -0.2) is 4.99 Å². The molecule has 1 saturated heterocycles. The zero-order valence-corrected chi connectivity index (χ0v) is 19.0. The zero-order chi connectivity index (χ0) is 18.7. The maximum Gasteiger partial charge on any atom is 0.191 e. The van der Waals surface area contributed by atoms with E-state index in [1.165, 1.54) is 16.3 Å². The van der Waals surface area contributed by atoms with Gasteiger partial charge in [-0.2, -0.15) is 0 Å². The highest BCUT2D eigenvalue weighted by Gasteiger charge is 2.14. The quantitative estimate of drug-likeness (QED) is 0.237. The van der Waals surface area contributed by atoms with E-state index in [0.29, 0.717) is 12.6 Å². The second-order valence-corrected chi connectivity index (χ2v) is 6.87. The van der Waals surface area contributed by atoms with E-state index in [9.17, 15) is 0 Å². The molecule has 0 saturated carbocycles. The summed E-state index contributed by atoms with van der Waals surface area (Å²) in [5.74, 6) is 0.852. The maximum absolute atomic E-state index is 5.70. The molecule has 0 aromatic heterocycles. The van der Waals surface area contributed by atoms with Gasteiger partial charge in [0.15, 0.2) is 5.96 Å². The Labute approximate surface area is 185 Å². The molecule has 2 aromatic carbocycles. The van der Waals surface area contributed by atoms with Gasteiger partial charge in [0, 0.05) is 26.3 Å². The van der Waals surface area contributed by atoms with Crippen molar-refractivity contribution in [3.8, 4) is 0 Å². The smallest absolute Gasteiger partial charge is 0.191 e. The number of benzene rings is 2. The Hall–Kier alpha value is -1.38. The van der Waals surface area contributed by atoms with Crippen LogP contribution < -0.4 is 10.6 Å². The van der Waals surface area contributed by atoms with E-state index in [-0.39, 0.29) is 24.0 Å². The minimum atomic E-state index is 0. The maximum atomic E-state index is 5.70. The average molecular weight is 497 g/mol. The Morgan fingerprint density at radius 1 is 1.18 bits per heavy atom. The highest BCUT2D eigenvalue weighted by atomic mass is 127. The van der Waals surface area contributed by atoms with Crippen molar-refractivity contribution in [3.63, 3.8) is 0 Å². The Kier molecular flexibility index (Phi) is 10.6. The van der Waals surface area contributed by atoms with Crippen LogP contribution in [0.5, 0.6) is 0 Å². The fourth-order valence-electron chi connectivity index (χ4n) is 3.22. The summed E-state index contributed by atoms with van der Waals surface area (Å²) >= 11 is 0. The molecular formula is C22H32IN3O2. The van der Waals surface area contributed by atoms with Crippen molar-refractivity contribution in [1.82, 2.24) is 10.6 Å². The minimum Gasteiger partial charge on any atom is -0.379 e. The molecule has 0 bridgehead atoms. The zero-order valence-electron chi connectivity index (χ0n) is 16.7. The van der Waals surface area contributed by atoms with Gasteiger partial charge in [0.2, 0.25) is 0 Å². The molecule has 5 nitrogen and oxygen atoms in total. The van der Waals surface area contributed by atoms with Crippen LogP contribution in [-0.2, 0) is 16.0 Å². The summed E-state index contributed by atoms with van der Waals surface area (Å²) in [6, 6.07) is 14.9. The number of guanidine groups is 1. The molecule has 6 heteroatoms. The molecule has 0 radical (unpaired) electrons. The largest absolute Gasteiger partial charge is 0.379 e. The van der Waals surface area contributed by atoms with E-state index >= 15 is 0 Å². The topological polar surface area (TPSA) is 54.9 Å². The summed E-state index contributed by atoms with van der Waals surface area (Å²) in [4.78, 5) is 4.70. The number of fused-ring (bicyclic) bond motifs is 1. The second kappa shape index (κ2) is 13.0. The molecule has 154 valence electrons. The van der Waals surface area contributed by atoms with Gasteiger partial charge in [0.25, 0.3) is 0 Å². The molecule has 1 aliphatic heterocycles. The molecule has 1 aliphatic rings. The summed E-state index contributed by atoms with van der Waals surface area (Å²) in [6.45, 7) is 6.78. The first-order valence-corrected chi connectivity index (χ1v) is 10.0.